The maximum absolute atomic E-state index is 12.4. The molecule has 27 heavy (non-hydrogen) atoms. The van der Waals surface area contributed by atoms with Gasteiger partial charge in [-0.3, -0.25) is 10.1 Å². The SMILES string of the molecule is CC(C)(C)[C@H]1CCc2c(sc(NC(=O)Nc3ccc(Cl)cc3)c2C(N)=O)C1. The van der Waals surface area contributed by atoms with Gasteiger partial charge in [0.15, 0.2) is 0 Å². The maximum atomic E-state index is 12.4. The molecule has 144 valence electrons. The predicted octanol–water partition coefficient (Wildman–Crippen LogP) is 5.30. The predicted molar refractivity (Wildman–Crippen MR) is 112 cm³/mol. The van der Waals surface area contributed by atoms with E-state index in [1.807, 2.05) is 0 Å². The summed E-state index contributed by atoms with van der Waals surface area (Å²) in [6.07, 6.45) is 2.74. The van der Waals surface area contributed by atoms with Crippen molar-refractivity contribution >= 4 is 45.6 Å². The summed E-state index contributed by atoms with van der Waals surface area (Å²) < 4.78 is 0. The molecular formula is C20H24ClN3O2S. The molecule has 0 saturated heterocycles. The van der Waals surface area contributed by atoms with Crippen LogP contribution in [-0.4, -0.2) is 11.9 Å². The first-order valence-corrected chi connectivity index (χ1v) is 10.1. The van der Waals surface area contributed by atoms with Crippen molar-refractivity contribution in [2.24, 2.45) is 17.1 Å². The highest BCUT2D eigenvalue weighted by atomic mass is 35.5. The number of anilines is 2. The van der Waals surface area contributed by atoms with Crippen molar-refractivity contribution in [2.45, 2.75) is 40.0 Å². The van der Waals surface area contributed by atoms with Crippen LogP contribution < -0.4 is 16.4 Å². The second-order valence-electron chi connectivity index (χ2n) is 7.96. The van der Waals surface area contributed by atoms with E-state index in [9.17, 15) is 9.59 Å². The summed E-state index contributed by atoms with van der Waals surface area (Å²) in [6, 6.07) is 6.41. The molecule has 7 heteroatoms. The van der Waals surface area contributed by atoms with Crippen molar-refractivity contribution in [1.29, 1.82) is 0 Å². The normalized spacial score (nSPS) is 16.5. The van der Waals surface area contributed by atoms with Gasteiger partial charge in [0, 0.05) is 15.6 Å². The Morgan fingerprint density at radius 3 is 2.44 bits per heavy atom. The van der Waals surface area contributed by atoms with Gasteiger partial charge < -0.3 is 11.1 Å². The molecule has 5 nitrogen and oxygen atoms in total. The summed E-state index contributed by atoms with van der Waals surface area (Å²) >= 11 is 7.31. The van der Waals surface area contributed by atoms with Gasteiger partial charge >= 0.3 is 6.03 Å². The Morgan fingerprint density at radius 1 is 1.19 bits per heavy atom. The highest BCUT2D eigenvalue weighted by Gasteiger charge is 2.33. The molecule has 2 aromatic rings. The minimum absolute atomic E-state index is 0.202. The van der Waals surface area contributed by atoms with Crippen LogP contribution in [0, 0.1) is 11.3 Å². The number of amides is 3. The number of rotatable bonds is 3. The Labute approximate surface area is 168 Å². The maximum Gasteiger partial charge on any atom is 0.324 e. The van der Waals surface area contributed by atoms with E-state index >= 15 is 0 Å². The Balaban J connectivity index is 1.81. The van der Waals surface area contributed by atoms with Crippen molar-refractivity contribution < 1.29 is 9.59 Å². The fourth-order valence-electron chi connectivity index (χ4n) is 3.47. The lowest BCUT2D eigenvalue weighted by molar-refractivity contribution is 0.1000. The van der Waals surface area contributed by atoms with Crippen molar-refractivity contribution in [3.8, 4) is 0 Å². The fourth-order valence-corrected chi connectivity index (χ4v) is 4.93. The Bertz CT molecular complexity index is 869. The van der Waals surface area contributed by atoms with Gasteiger partial charge in [-0.2, -0.15) is 0 Å². The van der Waals surface area contributed by atoms with E-state index in [1.165, 1.54) is 11.3 Å². The zero-order valence-electron chi connectivity index (χ0n) is 15.7. The molecule has 1 aromatic carbocycles. The van der Waals surface area contributed by atoms with E-state index in [0.29, 0.717) is 27.2 Å². The third-order valence-electron chi connectivity index (χ3n) is 5.07. The molecule has 1 aliphatic carbocycles. The highest BCUT2D eigenvalue weighted by molar-refractivity contribution is 7.17. The average molecular weight is 406 g/mol. The number of thiophene rings is 1. The first kappa shape index (κ1) is 19.7. The van der Waals surface area contributed by atoms with Gasteiger partial charge in [0.2, 0.25) is 0 Å². The third-order valence-corrected chi connectivity index (χ3v) is 6.49. The second kappa shape index (κ2) is 7.52. The standard InChI is InChI=1S/C20H24ClN3O2S/c1-20(2,3)11-4-9-14-15(10-11)27-18(16(14)17(22)25)24-19(26)23-13-7-5-12(21)6-8-13/h5-8,11H,4,9-10H2,1-3H3,(H2,22,25)(H2,23,24,26)/t11-/m0/s1. The van der Waals surface area contributed by atoms with Crippen LogP contribution in [0.4, 0.5) is 15.5 Å². The van der Waals surface area contributed by atoms with Crippen LogP contribution >= 0.6 is 22.9 Å². The van der Waals surface area contributed by atoms with Crippen molar-refractivity contribution in [3.63, 3.8) is 0 Å². The molecule has 0 spiro atoms. The number of nitrogens with two attached hydrogens (primary N) is 1. The zero-order valence-corrected chi connectivity index (χ0v) is 17.3. The van der Waals surface area contributed by atoms with Crippen molar-refractivity contribution in [2.75, 3.05) is 10.6 Å². The summed E-state index contributed by atoms with van der Waals surface area (Å²) in [5.74, 6) is 0.0450. The number of fused-ring (bicyclic) bond motifs is 1. The van der Waals surface area contributed by atoms with Crippen LogP contribution in [0.1, 0.15) is 48.0 Å². The van der Waals surface area contributed by atoms with Crippen LogP contribution in [0.15, 0.2) is 24.3 Å². The minimum atomic E-state index is -0.497. The Hall–Kier alpha value is -2.05. The second-order valence-corrected chi connectivity index (χ2v) is 9.51. The lowest BCUT2D eigenvalue weighted by atomic mass is 9.72. The molecule has 0 saturated carbocycles. The fraction of sp³-hybridized carbons (Fsp3) is 0.400. The van der Waals surface area contributed by atoms with Gasteiger partial charge in [-0.15, -0.1) is 11.3 Å². The summed E-state index contributed by atoms with van der Waals surface area (Å²) in [5.41, 5.74) is 7.90. The Kier molecular flexibility index (Phi) is 5.49. The summed E-state index contributed by atoms with van der Waals surface area (Å²) in [6.45, 7) is 6.72. The lowest BCUT2D eigenvalue weighted by Crippen LogP contribution is -2.27. The summed E-state index contributed by atoms with van der Waals surface area (Å²) in [5, 5.41) is 6.66. The quantitative estimate of drug-likeness (QED) is 0.647. The molecule has 3 rings (SSSR count). The van der Waals surface area contributed by atoms with E-state index in [-0.39, 0.29) is 5.41 Å². The molecule has 0 radical (unpaired) electrons. The van der Waals surface area contributed by atoms with Crippen LogP contribution in [0.2, 0.25) is 5.02 Å². The number of carbonyl (C=O) groups is 2. The summed E-state index contributed by atoms with van der Waals surface area (Å²) in [4.78, 5) is 25.6. The van der Waals surface area contributed by atoms with E-state index < -0.39 is 11.9 Å². The molecule has 4 N–H and O–H groups in total. The van der Waals surface area contributed by atoms with E-state index in [1.54, 1.807) is 24.3 Å². The number of halogens is 1. The molecule has 0 aliphatic heterocycles. The minimum Gasteiger partial charge on any atom is -0.365 e. The smallest absolute Gasteiger partial charge is 0.324 e. The van der Waals surface area contributed by atoms with Crippen LogP contribution in [0.3, 0.4) is 0 Å². The third kappa shape index (κ3) is 4.45. The van der Waals surface area contributed by atoms with Gasteiger partial charge in [0.25, 0.3) is 5.91 Å². The monoisotopic (exact) mass is 405 g/mol. The van der Waals surface area contributed by atoms with Gasteiger partial charge in [-0.05, 0) is 60.4 Å². The number of carbonyl (C=O) groups excluding carboxylic acids is 2. The molecule has 1 aliphatic rings. The van der Waals surface area contributed by atoms with E-state index in [0.717, 1.165) is 29.7 Å². The largest absolute Gasteiger partial charge is 0.365 e. The molecule has 0 unspecified atom stereocenters. The van der Waals surface area contributed by atoms with Gasteiger partial charge in [0.1, 0.15) is 5.00 Å². The number of urea groups is 1. The van der Waals surface area contributed by atoms with Crippen molar-refractivity contribution in [3.05, 3.63) is 45.3 Å². The van der Waals surface area contributed by atoms with Gasteiger partial charge in [-0.1, -0.05) is 32.4 Å². The molecule has 0 fully saturated rings. The van der Waals surface area contributed by atoms with Crippen LogP contribution in [-0.2, 0) is 12.8 Å². The molecule has 1 heterocycles. The van der Waals surface area contributed by atoms with Gasteiger partial charge in [0.05, 0.1) is 5.56 Å². The first-order chi connectivity index (χ1) is 12.6. The summed E-state index contributed by atoms with van der Waals surface area (Å²) in [7, 11) is 0. The van der Waals surface area contributed by atoms with Crippen molar-refractivity contribution in [1.82, 2.24) is 0 Å². The molecule has 1 aromatic heterocycles. The Morgan fingerprint density at radius 2 is 1.85 bits per heavy atom. The first-order valence-electron chi connectivity index (χ1n) is 8.93. The van der Waals surface area contributed by atoms with E-state index in [4.69, 9.17) is 17.3 Å². The lowest BCUT2D eigenvalue weighted by Gasteiger charge is -2.33. The number of hydrogen-bond donors (Lipinski definition) is 3. The van der Waals surface area contributed by atoms with Crippen LogP contribution in [0.25, 0.3) is 0 Å². The topological polar surface area (TPSA) is 84.2 Å². The van der Waals surface area contributed by atoms with E-state index in [2.05, 4.69) is 31.4 Å². The van der Waals surface area contributed by atoms with Gasteiger partial charge in [-0.25, -0.2) is 4.79 Å². The number of hydrogen-bond acceptors (Lipinski definition) is 3. The number of primary amides is 1. The highest BCUT2D eigenvalue weighted by Crippen LogP contribution is 2.44. The molecule has 1 atom stereocenters. The number of benzene rings is 1. The van der Waals surface area contributed by atoms with Crippen LogP contribution in [0.5, 0.6) is 0 Å². The molecule has 0 bridgehead atoms. The average Bonchev–Trinajstić information content (AvgIpc) is 2.93. The molecule has 3 amide bonds. The molecular weight excluding hydrogens is 382 g/mol. The zero-order chi connectivity index (χ0) is 19.8. The number of nitrogens with one attached hydrogen (secondary N) is 2.